The molecule has 7 heteroatoms. The van der Waals surface area contributed by atoms with Crippen LogP contribution in [0.1, 0.15) is 44.3 Å². The fourth-order valence-corrected chi connectivity index (χ4v) is 3.87. The molecule has 1 N–H and O–H groups in total. The number of hydrogen-bond donors (Lipinski definition) is 1. The van der Waals surface area contributed by atoms with Crippen molar-refractivity contribution in [2.45, 2.75) is 52.6 Å². The smallest absolute Gasteiger partial charge is 0.194 e. The Bertz CT molecular complexity index is 505. The summed E-state index contributed by atoms with van der Waals surface area (Å²) in [5.41, 5.74) is 1.08. The van der Waals surface area contributed by atoms with E-state index in [0.29, 0.717) is 12.6 Å². The van der Waals surface area contributed by atoms with Crippen LogP contribution >= 0.6 is 35.3 Å². The molecule has 1 aromatic rings. The number of nitrogens with zero attached hydrogens (tertiary/aromatic N) is 4. The first kappa shape index (κ1) is 21.6. The van der Waals surface area contributed by atoms with Gasteiger partial charge in [0.05, 0.1) is 17.2 Å². The van der Waals surface area contributed by atoms with Crippen LogP contribution in [-0.2, 0) is 13.0 Å². The molecule has 2 rings (SSSR count). The molecule has 0 aliphatic carbocycles. The van der Waals surface area contributed by atoms with Gasteiger partial charge < -0.3 is 10.2 Å². The number of likely N-dealkylation sites (tertiary alicyclic amines) is 1. The molecule has 1 aromatic heterocycles. The van der Waals surface area contributed by atoms with E-state index in [4.69, 9.17) is 4.99 Å². The molecule has 1 atom stereocenters. The number of aliphatic imine (C=N–C) groups is 1. The molecule has 1 unspecified atom stereocenters. The minimum atomic E-state index is 0. The van der Waals surface area contributed by atoms with Crippen LogP contribution in [0.15, 0.2) is 10.4 Å². The summed E-state index contributed by atoms with van der Waals surface area (Å²) in [4.78, 5) is 14.2. The van der Waals surface area contributed by atoms with Gasteiger partial charge >= 0.3 is 0 Å². The minimum absolute atomic E-state index is 0. The first-order chi connectivity index (χ1) is 11.2. The molecule has 5 nitrogen and oxygen atoms in total. The average Bonchev–Trinajstić information content (AvgIpc) is 3.19. The van der Waals surface area contributed by atoms with Gasteiger partial charge in [0.15, 0.2) is 5.96 Å². The minimum Gasteiger partial charge on any atom is -0.357 e. The summed E-state index contributed by atoms with van der Waals surface area (Å²) in [5.74, 6) is 0.988. The maximum Gasteiger partial charge on any atom is 0.194 e. The van der Waals surface area contributed by atoms with Crippen LogP contribution in [0.3, 0.4) is 0 Å². The van der Waals surface area contributed by atoms with Crippen molar-refractivity contribution in [3.8, 4) is 0 Å². The fraction of sp³-hybridized carbons (Fsp3) is 0.765. The van der Waals surface area contributed by atoms with Gasteiger partial charge in [-0.2, -0.15) is 0 Å². The van der Waals surface area contributed by atoms with Crippen molar-refractivity contribution in [1.29, 1.82) is 0 Å². The number of nitrogens with one attached hydrogen (secondary N) is 1. The second-order valence-electron chi connectivity index (χ2n) is 6.06. The molecular formula is C17H32IN5S. The summed E-state index contributed by atoms with van der Waals surface area (Å²) >= 11 is 1.73. The van der Waals surface area contributed by atoms with Crippen molar-refractivity contribution in [1.82, 2.24) is 20.1 Å². The van der Waals surface area contributed by atoms with Crippen molar-refractivity contribution < 1.29 is 0 Å². The largest absolute Gasteiger partial charge is 0.357 e. The Balaban J connectivity index is 0.00000288. The first-order valence-electron chi connectivity index (χ1n) is 8.84. The van der Waals surface area contributed by atoms with E-state index in [0.717, 1.165) is 37.7 Å². The van der Waals surface area contributed by atoms with E-state index in [1.165, 1.54) is 24.4 Å². The molecule has 1 aliphatic heterocycles. The van der Waals surface area contributed by atoms with Crippen molar-refractivity contribution in [2.75, 3.05) is 33.2 Å². The maximum absolute atomic E-state index is 4.78. The van der Waals surface area contributed by atoms with Gasteiger partial charge in [-0.05, 0) is 39.3 Å². The lowest BCUT2D eigenvalue weighted by Gasteiger charge is -2.29. The summed E-state index contributed by atoms with van der Waals surface area (Å²) in [6.07, 6.45) is 3.62. The molecule has 2 heterocycles. The van der Waals surface area contributed by atoms with Gasteiger partial charge in [-0.15, -0.1) is 35.3 Å². The van der Waals surface area contributed by atoms with Gasteiger partial charge in [0.1, 0.15) is 0 Å². The summed E-state index contributed by atoms with van der Waals surface area (Å²) in [5, 5.41) is 6.73. The molecule has 0 spiro atoms. The third kappa shape index (κ3) is 6.15. The van der Waals surface area contributed by atoms with Gasteiger partial charge in [-0.25, -0.2) is 9.98 Å². The van der Waals surface area contributed by atoms with Crippen LogP contribution in [0, 0.1) is 0 Å². The highest BCUT2D eigenvalue weighted by atomic mass is 127. The standard InChI is InChI=1S/C17H31N5S.HI/c1-5-16-20-14(13-23-16)11-19-17(18-6-2)21(4)12-15-9-8-10-22(15)7-3;/h13,15H,5-12H2,1-4H3,(H,18,19);1H. The summed E-state index contributed by atoms with van der Waals surface area (Å²) in [6.45, 7) is 11.5. The molecule has 0 saturated carbocycles. The van der Waals surface area contributed by atoms with E-state index in [1.807, 2.05) is 0 Å². The van der Waals surface area contributed by atoms with Crippen molar-refractivity contribution in [2.24, 2.45) is 4.99 Å². The second kappa shape index (κ2) is 11.3. The van der Waals surface area contributed by atoms with Crippen LogP contribution in [0.25, 0.3) is 0 Å². The van der Waals surface area contributed by atoms with Gasteiger partial charge in [0.25, 0.3) is 0 Å². The number of guanidine groups is 1. The van der Waals surface area contributed by atoms with Gasteiger partial charge in [-0.1, -0.05) is 13.8 Å². The summed E-state index contributed by atoms with van der Waals surface area (Å²) in [6, 6.07) is 0.653. The van der Waals surface area contributed by atoms with Crippen LogP contribution in [-0.4, -0.2) is 60.0 Å². The van der Waals surface area contributed by atoms with Gasteiger partial charge in [0.2, 0.25) is 0 Å². The topological polar surface area (TPSA) is 43.8 Å². The monoisotopic (exact) mass is 465 g/mol. The number of rotatable bonds is 7. The molecule has 1 aliphatic rings. The highest BCUT2D eigenvalue weighted by Crippen LogP contribution is 2.17. The zero-order valence-electron chi connectivity index (χ0n) is 15.4. The van der Waals surface area contributed by atoms with Gasteiger partial charge in [0, 0.05) is 31.6 Å². The van der Waals surface area contributed by atoms with Crippen LogP contribution in [0.5, 0.6) is 0 Å². The lowest BCUT2D eigenvalue weighted by atomic mass is 10.2. The number of aryl methyl sites for hydroxylation is 1. The van der Waals surface area contributed by atoms with E-state index >= 15 is 0 Å². The average molecular weight is 465 g/mol. The molecule has 0 radical (unpaired) electrons. The van der Waals surface area contributed by atoms with E-state index in [2.05, 4.69) is 53.3 Å². The molecule has 0 bridgehead atoms. The highest BCUT2D eigenvalue weighted by Gasteiger charge is 2.24. The van der Waals surface area contributed by atoms with E-state index in [1.54, 1.807) is 11.3 Å². The molecule has 0 aromatic carbocycles. The van der Waals surface area contributed by atoms with Crippen molar-refractivity contribution >= 4 is 41.3 Å². The zero-order chi connectivity index (χ0) is 16.7. The normalized spacial score (nSPS) is 18.5. The quantitative estimate of drug-likeness (QED) is 0.382. The van der Waals surface area contributed by atoms with Gasteiger partial charge in [-0.3, -0.25) is 4.90 Å². The summed E-state index contributed by atoms with van der Waals surface area (Å²) in [7, 11) is 2.15. The number of halogens is 1. The SMILES string of the molecule is CCNC(=NCc1csc(CC)n1)N(C)CC1CCCN1CC.I. The predicted molar refractivity (Wildman–Crippen MR) is 115 cm³/mol. The number of thiazole rings is 1. The Kier molecular flexibility index (Phi) is 10.1. The number of aromatic nitrogens is 1. The molecule has 1 saturated heterocycles. The molecule has 138 valence electrons. The van der Waals surface area contributed by atoms with E-state index < -0.39 is 0 Å². The van der Waals surface area contributed by atoms with Crippen LogP contribution in [0.2, 0.25) is 0 Å². The van der Waals surface area contributed by atoms with Crippen molar-refractivity contribution in [3.63, 3.8) is 0 Å². The maximum atomic E-state index is 4.78. The molecule has 24 heavy (non-hydrogen) atoms. The third-order valence-corrected chi connectivity index (χ3v) is 5.42. The zero-order valence-corrected chi connectivity index (χ0v) is 18.6. The van der Waals surface area contributed by atoms with Crippen molar-refractivity contribution in [3.05, 3.63) is 16.1 Å². The van der Waals surface area contributed by atoms with E-state index in [9.17, 15) is 0 Å². The Labute approximate surface area is 168 Å². The second-order valence-corrected chi connectivity index (χ2v) is 7.00. The summed E-state index contributed by atoms with van der Waals surface area (Å²) < 4.78 is 0. The first-order valence-corrected chi connectivity index (χ1v) is 9.72. The molecular weight excluding hydrogens is 433 g/mol. The number of likely N-dealkylation sites (N-methyl/N-ethyl adjacent to an activating group) is 2. The molecule has 1 fully saturated rings. The Hall–Kier alpha value is -0.410. The Morgan fingerprint density at radius 1 is 1.46 bits per heavy atom. The fourth-order valence-electron chi connectivity index (χ4n) is 3.13. The third-order valence-electron chi connectivity index (χ3n) is 4.38. The van der Waals surface area contributed by atoms with Crippen LogP contribution < -0.4 is 5.32 Å². The van der Waals surface area contributed by atoms with E-state index in [-0.39, 0.29) is 24.0 Å². The lowest BCUT2D eigenvalue weighted by Crippen LogP contribution is -2.45. The predicted octanol–water partition coefficient (Wildman–Crippen LogP) is 3.21. The highest BCUT2D eigenvalue weighted by molar-refractivity contribution is 14.0. The lowest BCUT2D eigenvalue weighted by molar-refractivity contribution is 0.232. The van der Waals surface area contributed by atoms with Crippen LogP contribution in [0.4, 0.5) is 0 Å². The molecule has 0 amide bonds. The number of hydrogen-bond acceptors (Lipinski definition) is 4. The Morgan fingerprint density at radius 2 is 2.25 bits per heavy atom. The Morgan fingerprint density at radius 3 is 2.88 bits per heavy atom.